The second-order valence-corrected chi connectivity index (χ2v) is 5.28. The Kier molecular flexibility index (Phi) is 5.52. The van der Waals surface area contributed by atoms with Crippen LogP contribution >= 0.6 is 15.9 Å². The van der Waals surface area contributed by atoms with Crippen LogP contribution in [-0.4, -0.2) is 11.6 Å². The summed E-state index contributed by atoms with van der Waals surface area (Å²) >= 11 is 3.38. The minimum absolute atomic E-state index is 0.0357. The van der Waals surface area contributed by atoms with Gasteiger partial charge in [-0.2, -0.15) is 0 Å². The van der Waals surface area contributed by atoms with Gasteiger partial charge in [-0.25, -0.2) is 0 Å². The van der Waals surface area contributed by atoms with E-state index in [2.05, 4.69) is 26.3 Å². The molecular formula is C15H18BrN3O. The van der Waals surface area contributed by atoms with Crippen molar-refractivity contribution in [3.05, 3.63) is 58.3 Å². The Morgan fingerprint density at radius 3 is 2.75 bits per heavy atom. The lowest BCUT2D eigenvalue weighted by atomic mass is 10.0. The van der Waals surface area contributed by atoms with Crippen molar-refractivity contribution in [1.82, 2.24) is 10.4 Å². The molecule has 1 heterocycles. The van der Waals surface area contributed by atoms with Crippen molar-refractivity contribution in [2.24, 2.45) is 5.84 Å². The number of hydrazine groups is 1. The van der Waals surface area contributed by atoms with Crippen molar-refractivity contribution >= 4 is 15.9 Å². The van der Waals surface area contributed by atoms with Gasteiger partial charge in [-0.1, -0.05) is 18.2 Å². The molecule has 0 bridgehead atoms. The van der Waals surface area contributed by atoms with E-state index in [0.29, 0.717) is 13.0 Å². The highest BCUT2D eigenvalue weighted by molar-refractivity contribution is 9.10. The summed E-state index contributed by atoms with van der Waals surface area (Å²) in [6, 6.07) is 11.8. The molecule has 0 saturated heterocycles. The number of pyridine rings is 1. The van der Waals surface area contributed by atoms with Crippen LogP contribution in [0.2, 0.25) is 0 Å². The quantitative estimate of drug-likeness (QED) is 0.629. The van der Waals surface area contributed by atoms with Crippen molar-refractivity contribution in [1.29, 1.82) is 0 Å². The summed E-state index contributed by atoms with van der Waals surface area (Å²) < 4.78 is 6.62. The van der Waals surface area contributed by atoms with Gasteiger partial charge in [0.25, 0.3) is 0 Å². The molecule has 0 aliphatic heterocycles. The average Bonchev–Trinajstić information content (AvgIpc) is 2.48. The normalized spacial score (nSPS) is 12.2. The highest BCUT2D eigenvalue weighted by Crippen LogP contribution is 2.27. The summed E-state index contributed by atoms with van der Waals surface area (Å²) in [5.41, 5.74) is 4.87. The SMILES string of the molecule is CCOc1ccccc1C(Cc1ccc(Br)cn1)NN. The zero-order valence-electron chi connectivity index (χ0n) is 11.3. The first kappa shape index (κ1) is 15.0. The van der Waals surface area contributed by atoms with Crippen molar-refractivity contribution in [2.45, 2.75) is 19.4 Å². The number of nitrogens with two attached hydrogens (primary N) is 1. The number of aromatic nitrogens is 1. The standard InChI is InChI=1S/C15H18BrN3O/c1-2-20-15-6-4-3-5-13(15)14(19-17)9-12-8-7-11(16)10-18-12/h3-8,10,14,19H,2,9,17H2,1H3. The van der Waals surface area contributed by atoms with E-state index < -0.39 is 0 Å². The second kappa shape index (κ2) is 7.38. The third-order valence-electron chi connectivity index (χ3n) is 3.00. The lowest BCUT2D eigenvalue weighted by Gasteiger charge is -2.19. The molecule has 1 atom stereocenters. The Balaban J connectivity index is 2.21. The number of benzene rings is 1. The van der Waals surface area contributed by atoms with Crippen LogP contribution in [0.3, 0.4) is 0 Å². The van der Waals surface area contributed by atoms with Gasteiger partial charge in [0.05, 0.1) is 12.6 Å². The van der Waals surface area contributed by atoms with Gasteiger partial charge in [-0.05, 0) is 41.1 Å². The van der Waals surface area contributed by atoms with Crippen LogP contribution in [0.4, 0.5) is 0 Å². The van der Waals surface area contributed by atoms with Gasteiger partial charge in [0, 0.05) is 28.3 Å². The summed E-state index contributed by atoms with van der Waals surface area (Å²) in [5.74, 6) is 6.56. The summed E-state index contributed by atoms with van der Waals surface area (Å²) in [5, 5.41) is 0. The average molecular weight is 336 g/mol. The maximum Gasteiger partial charge on any atom is 0.124 e. The second-order valence-electron chi connectivity index (χ2n) is 4.36. The van der Waals surface area contributed by atoms with Gasteiger partial charge in [0.15, 0.2) is 0 Å². The molecule has 3 N–H and O–H groups in total. The lowest BCUT2D eigenvalue weighted by molar-refractivity contribution is 0.331. The van der Waals surface area contributed by atoms with Crippen LogP contribution in [0.1, 0.15) is 24.2 Å². The Labute approximate surface area is 127 Å². The van der Waals surface area contributed by atoms with E-state index in [0.717, 1.165) is 21.5 Å². The lowest BCUT2D eigenvalue weighted by Crippen LogP contribution is -2.30. The smallest absolute Gasteiger partial charge is 0.124 e. The maximum absolute atomic E-state index is 5.70. The third-order valence-corrected chi connectivity index (χ3v) is 3.47. The van der Waals surface area contributed by atoms with Crippen LogP contribution in [0.25, 0.3) is 0 Å². The molecule has 0 fully saturated rings. The molecular weight excluding hydrogens is 318 g/mol. The van der Waals surface area contributed by atoms with Gasteiger partial charge >= 0.3 is 0 Å². The third kappa shape index (κ3) is 3.79. The van der Waals surface area contributed by atoms with E-state index in [1.807, 2.05) is 43.3 Å². The fourth-order valence-corrected chi connectivity index (χ4v) is 2.28. The number of rotatable bonds is 6. The van der Waals surface area contributed by atoms with E-state index in [1.165, 1.54) is 0 Å². The summed E-state index contributed by atoms with van der Waals surface area (Å²) in [6.45, 7) is 2.60. The van der Waals surface area contributed by atoms with Gasteiger partial charge in [0.2, 0.25) is 0 Å². The van der Waals surface area contributed by atoms with Gasteiger partial charge in [0.1, 0.15) is 5.75 Å². The first-order valence-electron chi connectivity index (χ1n) is 6.53. The highest BCUT2D eigenvalue weighted by Gasteiger charge is 2.15. The van der Waals surface area contributed by atoms with Gasteiger partial charge in [-0.15, -0.1) is 0 Å². The van der Waals surface area contributed by atoms with Gasteiger partial charge in [-0.3, -0.25) is 16.3 Å². The molecule has 0 saturated carbocycles. The molecule has 5 heteroatoms. The molecule has 0 aliphatic carbocycles. The van der Waals surface area contributed by atoms with Crippen molar-refractivity contribution in [3.8, 4) is 5.75 Å². The Morgan fingerprint density at radius 1 is 1.30 bits per heavy atom. The van der Waals surface area contributed by atoms with Crippen LogP contribution in [0, 0.1) is 0 Å². The molecule has 2 rings (SSSR count). The minimum atomic E-state index is -0.0357. The molecule has 1 unspecified atom stereocenters. The Morgan fingerprint density at radius 2 is 2.10 bits per heavy atom. The molecule has 0 radical (unpaired) electrons. The number of ether oxygens (including phenoxy) is 1. The fraction of sp³-hybridized carbons (Fsp3) is 0.267. The first-order chi connectivity index (χ1) is 9.74. The first-order valence-corrected chi connectivity index (χ1v) is 7.32. The summed E-state index contributed by atoms with van der Waals surface area (Å²) in [4.78, 5) is 4.38. The zero-order valence-corrected chi connectivity index (χ0v) is 12.9. The van der Waals surface area contributed by atoms with Crippen LogP contribution in [0.5, 0.6) is 5.75 Å². The number of hydrogen-bond acceptors (Lipinski definition) is 4. The molecule has 0 amide bonds. The molecule has 20 heavy (non-hydrogen) atoms. The van der Waals surface area contributed by atoms with E-state index in [9.17, 15) is 0 Å². The molecule has 2 aromatic rings. The number of nitrogens with zero attached hydrogens (tertiary/aromatic N) is 1. The van der Waals surface area contributed by atoms with Crippen LogP contribution in [-0.2, 0) is 6.42 Å². The maximum atomic E-state index is 5.70. The van der Waals surface area contributed by atoms with E-state index in [4.69, 9.17) is 10.6 Å². The zero-order chi connectivity index (χ0) is 14.4. The largest absolute Gasteiger partial charge is 0.494 e. The molecule has 1 aromatic heterocycles. The van der Waals surface area contributed by atoms with E-state index in [-0.39, 0.29) is 6.04 Å². The molecule has 0 spiro atoms. The van der Waals surface area contributed by atoms with E-state index in [1.54, 1.807) is 6.20 Å². The predicted molar refractivity (Wildman–Crippen MR) is 83.3 cm³/mol. The number of hydrogen-bond donors (Lipinski definition) is 2. The Hall–Kier alpha value is -1.43. The monoisotopic (exact) mass is 335 g/mol. The van der Waals surface area contributed by atoms with Crippen molar-refractivity contribution < 1.29 is 4.74 Å². The topological polar surface area (TPSA) is 60.2 Å². The van der Waals surface area contributed by atoms with Crippen LogP contribution in [0.15, 0.2) is 47.1 Å². The fourth-order valence-electron chi connectivity index (χ4n) is 2.05. The number of nitrogens with one attached hydrogen (secondary N) is 1. The molecule has 1 aromatic carbocycles. The highest BCUT2D eigenvalue weighted by atomic mass is 79.9. The van der Waals surface area contributed by atoms with Crippen LogP contribution < -0.4 is 16.0 Å². The minimum Gasteiger partial charge on any atom is -0.494 e. The Bertz CT molecular complexity index is 545. The van der Waals surface area contributed by atoms with Gasteiger partial charge < -0.3 is 4.74 Å². The number of halogens is 1. The van der Waals surface area contributed by atoms with Crippen molar-refractivity contribution in [3.63, 3.8) is 0 Å². The summed E-state index contributed by atoms with van der Waals surface area (Å²) in [7, 11) is 0. The summed E-state index contributed by atoms with van der Waals surface area (Å²) in [6.07, 6.45) is 2.49. The molecule has 0 aliphatic rings. The predicted octanol–water partition coefficient (Wildman–Crippen LogP) is 2.99. The molecule has 4 nitrogen and oxygen atoms in total. The van der Waals surface area contributed by atoms with Crippen molar-refractivity contribution in [2.75, 3.05) is 6.61 Å². The number of para-hydroxylation sites is 1. The molecule has 106 valence electrons. The van der Waals surface area contributed by atoms with E-state index >= 15 is 0 Å².